The molecule has 0 aromatic carbocycles. The van der Waals surface area contributed by atoms with Gasteiger partial charge in [0, 0.05) is 45.3 Å². The summed E-state index contributed by atoms with van der Waals surface area (Å²) in [5.74, 6) is 0. The van der Waals surface area contributed by atoms with Crippen LogP contribution in [0, 0.1) is 6.92 Å². The Bertz CT molecular complexity index is 344. The Labute approximate surface area is 120 Å². The summed E-state index contributed by atoms with van der Waals surface area (Å²) in [7, 11) is 3.48. The first-order chi connectivity index (χ1) is 9.24. The molecule has 110 valence electrons. The van der Waals surface area contributed by atoms with Crippen molar-refractivity contribution in [2.45, 2.75) is 19.4 Å². The molecule has 2 N–H and O–H groups in total. The zero-order valence-electron chi connectivity index (χ0n) is 12.2. The summed E-state index contributed by atoms with van der Waals surface area (Å²) in [5.41, 5.74) is 7.33. The van der Waals surface area contributed by atoms with Gasteiger partial charge in [0.05, 0.1) is 12.6 Å². The van der Waals surface area contributed by atoms with E-state index in [0.717, 1.165) is 32.7 Å². The number of nitrogens with zero attached hydrogens (tertiary/aromatic N) is 1. The van der Waals surface area contributed by atoms with E-state index in [1.54, 1.807) is 25.6 Å². The average Bonchev–Trinajstić information content (AvgIpc) is 2.83. The lowest BCUT2D eigenvalue weighted by Crippen LogP contribution is -2.37. The summed E-state index contributed by atoms with van der Waals surface area (Å²) in [6.45, 7) is 6.18. The Morgan fingerprint density at radius 2 is 2.00 bits per heavy atom. The van der Waals surface area contributed by atoms with Gasteiger partial charge in [-0.3, -0.25) is 4.90 Å². The van der Waals surface area contributed by atoms with Crippen LogP contribution in [0.4, 0.5) is 0 Å². The molecular weight excluding hydrogens is 260 g/mol. The van der Waals surface area contributed by atoms with Crippen molar-refractivity contribution in [2.75, 3.05) is 47.1 Å². The molecule has 1 unspecified atom stereocenters. The van der Waals surface area contributed by atoms with Crippen molar-refractivity contribution in [1.29, 1.82) is 0 Å². The summed E-state index contributed by atoms with van der Waals surface area (Å²) in [4.78, 5) is 3.78. The van der Waals surface area contributed by atoms with Gasteiger partial charge in [0.15, 0.2) is 0 Å². The van der Waals surface area contributed by atoms with Crippen LogP contribution in [0.15, 0.2) is 11.4 Å². The van der Waals surface area contributed by atoms with E-state index in [1.807, 2.05) is 0 Å². The predicted octanol–water partition coefficient (Wildman–Crippen LogP) is 2.04. The van der Waals surface area contributed by atoms with Gasteiger partial charge in [-0.25, -0.2) is 0 Å². The second-order valence-corrected chi connectivity index (χ2v) is 5.54. The number of rotatable bonds is 10. The first kappa shape index (κ1) is 16.6. The fourth-order valence-corrected chi connectivity index (χ4v) is 3.27. The van der Waals surface area contributed by atoms with Crippen molar-refractivity contribution < 1.29 is 9.47 Å². The number of nitrogens with two attached hydrogens (primary N) is 1. The summed E-state index contributed by atoms with van der Waals surface area (Å²) in [5, 5.41) is 2.14. The van der Waals surface area contributed by atoms with Crippen LogP contribution >= 0.6 is 11.3 Å². The van der Waals surface area contributed by atoms with Gasteiger partial charge in [-0.2, -0.15) is 0 Å². The molecule has 0 saturated heterocycles. The minimum atomic E-state index is 0.284. The smallest absolute Gasteiger partial charge is 0.0589 e. The van der Waals surface area contributed by atoms with Crippen LogP contribution in [0.25, 0.3) is 0 Å². The van der Waals surface area contributed by atoms with Crippen molar-refractivity contribution in [3.63, 3.8) is 0 Å². The van der Waals surface area contributed by atoms with Gasteiger partial charge in [-0.15, -0.1) is 11.3 Å². The molecule has 0 amide bonds. The molecule has 1 rings (SSSR count). The minimum Gasteiger partial charge on any atom is -0.385 e. The maximum Gasteiger partial charge on any atom is 0.0589 e. The molecular formula is C14H26N2O2S. The Morgan fingerprint density at radius 3 is 2.53 bits per heavy atom. The summed E-state index contributed by atoms with van der Waals surface area (Å²) in [6, 6.07) is 2.44. The highest BCUT2D eigenvalue weighted by atomic mass is 32.1. The molecule has 0 fully saturated rings. The topological polar surface area (TPSA) is 47.7 Å². The molecule has 0 saturated carbocycles. The Hall–Kier alpha value is -0.460. The average molecular weight is 286 g/mol. The van der Waals surface area contributed by atoms with E-state index in [1.165, 1.54) is 10.4 Å². The molecule has 5 heteroatoms. The maximum atomic E-state index is 6.00. The number of ether oxygens (including phenoxy) is 2. The van der Waals surface area contributed by atoms with Gasteiger partial charge in [-0.1, -0.05) is 0 Å². The number of thiophene rings is 1. The zero-order chi connectivity index (χ0) is 14.1. The van der Waals surface area contributed by atoms with Crippen molar-refractivity contribution in [3.05, 3.63) is 21.9 Å². The van der Waals surface area contributed by atoms with Gasteiger partial charge in [-0.05, 0) is 30.4 Å². The Balaban J connectivity index is 2.71. The van der Waals surface area contributed by atoms with E-state index in [2.05, 4.69) is 23.3 Å². The lowest BCUT2D eigenvalue weighted by molar-refractivity contribution is 0.109. The van der Waals surface area contributed by atoms with Crippen LogP contribution < -0.4 is 5.73 Å². The molecule has 0 aliphatic rings. The van der Waals surface area contributed by atoms with Crippen molar-refractivity contribution in [1.82, 2.24) is 4.90 Å². The second-order valence-electron chi connectivity index (χ2n) is 4.59. The normalized spacial score (nSPS) is 13.1. The monoisotopic (exact) mass is 286 g/mol. The fourth-order valence-electron chi connectivity index (χ4n) is 2.19. The summed E-state index contributed by atoms with van der Waals surface area (Å²) >= 11 is 1.79. The van der Waals surface area contributed by atoms with Gasteiger partial charge in [0.25, 0.3) is 0 Å². The Morgan fingerprint density at radius 1 is 1.26 bits per heavy atom. The van der Waals surface area contributed by atoms with Crippen LogP contribution in [0.5, 0.6) is 0 Å². The highest BCUT2D eigenvalue weighted by molar-refractivity contribution is 7.10. The third-order valence-electron chi connectivity index (χ3n) is 3.24. The number of aryl methyl sites for hydroxylation is 1. The highest BCUT2D eigenvalue weighted by Crippen LogP contribution is 2.28. The molecule has 0 aliphatic heterocycles. The quantitative estimate of drug-likeness (QED) is 0.669. The third-order valence-corrected chi connectivity index (χ3v) is 4.36. The third kappa shape index (κ3) is 5.20. The van der Waals surface area contributed by atoms with Gasteiger partial charge in [0.2, 0.25) is 0 Å². The van der Waals surface area contributed by atoms with Gasteiger partial charge in [0.1, 0.15) is 0 Å². The van der Waals surface area contributed by atoms with Gasteiger partial charge < -0.3 is 15.2 Å². The van der Waals surface area contributed by atoms with Crippen molar-refractivity contribution in [2.24, 2.45) is 5.73 Å². The molecule has 1 aromatic rings. The largest absolute Gasteiger partial charge is 0.385 e. The molecule has 0 radical (unpaired) electrons. The van der Waals surface area contributed by atoms with Crippen molar-refractivity contribution >= 4 is 11.3 Å². The lowest BCUT2D eigenvalue weighted by atomic mass is 10.1. The standard InChI is InChI=1S/C14H26N2O2S/c1-12-5-10-19-14(12)13(11-15)16(7-9-18-3)6-4-8-17-2/h5,10,13H,4,6-9,11,15H2,1-3H3. The van der Waals surface area contributed by atoms with E-state index < -0.39 is 0 Å². The maximum absolute atomic E-state index is 6.00. The van der Waals surface area contributed by atoms with E-state index in [4.69, 9.17) is 15.2 Å². The first-order valence-electron chi connectivity index (χ1n) is 6.70. The lowest BCUT2D eigenvalue weighted by Gasteiger charge is -2.30. The molecule has 1 heterocycles. The van der Waals surface area contributed by atoms with Crippen LogP contribution in [-0.2, 0) is 9.47 Å². The molecule has 19 heavy (non-hydrogen) atoms. The summed E-state index contributed by atoms with van der Waals surface area (Å²) in [6.07, 6.45) is 1.02. The number of methoxy groups -OCH3 is 2. The van der Waals surface area contributed by atoms with Gasteiger partial charge >= 0.3 is 0 Å². The SMILES string of the molecule is COCCCN(CCOC)C(CN)c1sccc1C. The highest BCUT2D eigenvalue weighted by Gasteiger charge is 2.21. The predicted molar refractivity (Wildman–Crippen MR) is 80.8 cm³/mol. The summed E-state index contributed by atoms with van der Waals surface area (Å²) < 4.78 is 10.3. The van der Waals surface area contributed by atoms with Crippen LogP contribution in [-0.4, -0.2) is 52.0 Å². The fraction of sp³-hybridized carbons (Fsp3) is 0.714. The minimum absolute atomic E-state index is 0.284. The van der Waals surface area contributed by atoms with Crippen LogP contribution in [0.3, 0.4) is 0 Å². The Kier molecular flexibility index (Phi) is 8.25. The van der Waals surface area contributed by atoms with E-state index in [0.29, 0.717) is 6.54 Å². The second kappa shape index (κ2) is 9.44. The van der Waals surface area contributed by atoms with E-state index in [9.17, 15) is 0 Å². The molecule has 1 aromatic heterocycles. The van der Waals surface area contributed by atoms with Crippen LogP contribution in [0.1, 0.15) is 22.9 Å². The zero-order valence-corrected chi connectivity index (χ0v) is 13.0. The molecule has 0 aliphatic carbocycles. The molecule has 0 bridgehead atoms. The van der Waals surface area contributed by atoms with Crippen LogP contribution in [0.2, 0.25) is 0 Å². The number of hydrogen-bond donors (Lipinski definition) is 1. The molecule has 1 atom stereocenters. The molecule has 0 spiro atoms. The van der Waals surface area contributed by atoms with E-state index >= 15 is 0 Å². The van der Waals surface area contributed by atoms with E-state index in [-0.39, 0.29) is 6.04 Å². The first-order valence-corrected chi connectivity index (χ1v) is 7.58. The van der Waals surface area contributed by atoms with Crippen molar-refractivity contribution in [3.8, 4) is 0 Å². The number of hydrogen-bond acceptors (Lipinski definition) is 5. The molecule has 4 nitrogen and oxygen atoms in total.